The first-order chi connectivity index (χ1) is 15.3. The molecule has 0 saturated carbocycles. The van der Waals surface area contributed by atoms with E-state index in [1.165, 1.54) is 12.3 Å². The monoisotopic (exact) mass is 496 g/mol. The molecular weight excluding hydrogens is 468 g/mol. The largest absolute Gasteiger partial charge is 0.477 e. The Kier molecular flexibility index (Phi) is 7.76. The summed E-state index contributed by atoms with van der Waals surface area (Å²) in [5, 5.41) is 4.65. The van der Waals surface area contributed by atoms with Crippen molar-refractivity contribution in [3.8, 4) is 17.3 Å². The van der Waals surface area contributed by atoms with Crippen molar-refractivity contribution in [3.63, 3.8) is 0 Å². The highest BCUT2D eigenvalue weighted by Crippen LogP contribution is 2.29. The lowest BCUT2D eigenvalue weighted by Crippen LogP contribution is -2.25. The van der Waals surface area contributed by atoms with E-state index in [-0.39, 0.29) is 34.6 Å². The average Bonchev–Trinajstić information content (AvgIpc) is 3.39. The van der Waals surface area contributed by atoms with Gasteiger partial charge in [0, 0.05) is 12.5 Å². The van der Waals surface area contributed by atoms with Gasteiger partial charge in [0.1, 0.15) is 11.3 Å². The Bertz CT molecular complexity index is 1300. The summed E-state index contributed by atoms with van der Waals surface area (Å²) in [5.74, 6) is 0.436. The number of hydrogen-bond acceptors (Lipinski definition) is 8. The van der Waals surface area contributed by atoms with E-state index in [2.05, 4.69) is 20.0 Å². The zero-order valence-corrected chi connectivity index (χ0v) is 20.6. The van der Waals surface area contributed by atoms with Crippen LogP contribution in [0.3, 0.4) is 0 Å². The standard InChI is InChI=1S/C21H28N6O4S.ClH/c1-4-10-31-21-15(11-14(12-22-21)32(3,29)30)19-23-17-16(5-2)25-27(18(17)20(28)24-19)13-26-8-6-7-9-26;/h11-12H,4-10,13H2,1-3H3,(H,23,24,28);1H. The van der Waals surface area contributed by atoms with Crippen molar-refractivity contribution >= 4 is 33.3 Å². The van der Waals surface area contributed by atoms with Crippen LogP contribution in [0.2, 0.25) is 0 Å². The van der Waals surface area contributed by atoms with E-state index >= 15 is 0 Å². The fourth-order valence-electron chi connectivity index (χ4n) is 3.85. The van der Waals surface area contributed by atoms with E-state index < -0.39 is 9.84 Å². The highest BCUT2D eigenvalue weighted by atomic mass is 35.5. The van der Waals surface area contributed by atoms with Gasteiger partial charge in [0.2, 0.25) is 5.88 Å². The minimum atomic E-state index is -3.51. The summed E-state index contributed by atoms with van der Waals surface area (Å²) in [6.45, 7) is 6.82. The Balaban J connectivity index is 0.00000306. The zero-order valence-electron chi connectivity index (χ0n) is 19.0. The molecule has 4 heterocycles. The van der Waals surface area contributed by atoms with Crippen LogP contribution in [0, 0.1) is 0 Å². The molecule has 33 heavy (non-hydrogen) atoms. The summed E-state index contributed by atoms with van der Waals surface area (Å²) < 4.78 is 31.6. The van der Waals surface area contributed by atoms with Crippen LogP contribution in [0.5, 0.6) is 5.88 Å². The Morgan fingerprint density at radius 1 is 1.21 bits per heavy atom. The molecule has 1 aliphatic heterocycles. The van der Waals surface area contributed by atoms with Gasteiger partial charge in [0.15, 0.2) is 15.4 Å². The number of nitrogens with one attached hydrogen (secondary N) is 1. The number of aryl methyl sites for hydroxylation is 1. The van der Waals surface area contributed by atoms with Gasteiger partial charge in [-0.05, 0) is 44.8 Å². The van der Waals surface area contributed by atoms with Crippen LogP contribution in [0.15, 0.2) is 22.0 Å². The van der Waals surface area contributed by atoms with Crippen LogP contribution < -0.4 is 10.3 Å². The molecule has 0 unspecified atom stereocenters. The maximum atomic E-state index is 13.1. The van der Waals surface area contributed by atoms with Crippen LogP contribution >= 0.6 is 12.4 Å². The predicted molar refractivity (Wildman–Crippen MR) is 128 cm³/mol. The van der Waals surface area contributed by atoms with E-state index in [0.717, 1.165) is 44.3 Å². The number of halogens is 1. The van der Waals surface area contributed by atoms with Crippen molar-refractivity contribution < 1.29 is 13.2 Å². The van der Waals surface area contributed by atoms with Gasteiger partial charge in [0.25, 0.3) is 5.56 Å². The van der Waals surface area contributed by atoms with Gasteiger partial charge in [-0.2, -0.15) is 5.10 Å². The number of ether oxygens (including phenoxy) is 1. The van der Waals surface area contributed by atoms with Crippen LogP contribution in [-0.2, 0) is 22.9 Å². The van der Waals surface area contributed by atoms with Gasteiger partial charge in [-0.1, -0.05) is 13.8 Å². The molecule has 0 atom stereocenters. The Hall–Kier alpha value is -2.50. The molecule has 1 aliphatic rings. The van der Waals surface area contributed by atoms with Gasteiger partial charge < -0.3 is 9.72 Å². The number of hydrogen-bond donors (Lipinski definition) is 1. The molecule has 0 spiro atoms. The normalized spacial score (nSPS) is 14.5. The number of aromatic nitrogens is 5. The summed E-state index contributed by atoms with van der Waals surface area (Å²) in [7, 11) is -3.51. The summed E-state index contributed by atoms with van der Waals surface area (Å²) in [6.07, 6.45) is 6.01. The van der Waals surface area contributed by atoms with E-state index in [1.54, 1.807) is 4.68 Å². The number of nitrogens with zero attached hydrogens (tertiary/aromatic N) is 5. The quantitative estimate of drug-likeness (QED) is 0.504. The Morgan fingerprint density at radius 3 is 2.58 bits per heavy atom. The molecule has 4 rings (SSSR count). The number of sulfone groups is 1. The fourth-order valence-corrected chi connectivity index (χ4v) is 4.43. The second-order valence-electron chi connectivity index (χ2n) is 8.02. The molecule has 1 fully saturated rings. The third kappa shape index (κ3) is 5.20. The Labute approximate surface area is 198 Å². The molecule has 0 aliphatic carbocycles. The van der Waals surface area contributed by atoms with Gasteiger partial charge >= 0.3 is 0 Å². The molecule has 1 saturated heterocycles. The lowest BCUT2D eigenvalue weighted by atomic mass is 10.2. The topological polar surface area (TPSA) is 123 Å². The number of rotatable bonds is 8. The summed E-state index contributed by atoms with van der Waals surface area (Å²) >= 11 is 0. The van der Waals surface area contributed by atoms with Crippen LogP contribution in [0.1, 0.15) is 38.8 Å². The fraction of sp³-hybridized carbons (Fsp3) is 0.524. The molecule has 0 radical (unpaired) electrons. The van der Waals surface area contributed by atoms with Crippen molar-refractivity contribution in [2.75, 3.05) is 26.0 Å². The van der Waals surface area contributed by atoms with Crippen molar-refractivity contribution in [1.82, 2.24) is 29.6 Å². The second-order valence-corrected chi connectivity index (χ2v) is 10.0. The maximum absolute atomic E-state index is 13.1. The van der Waals surface area contributed by atoms with Crippen molar-refractivity contribution in [1.29, 1.82) is 0 Å². The summed E-state index contributed by atoms with van der Waals surface area (Å²) in [6, 6.07) is 1.44. The number of aromatic amines is 1. The molecule has 0 bridgehead atoms. The minimum Gasteiger partial charge on any atom is -0.477 e. The first-order valence-corrected chi connectivity index (χ1v) is 12.8. The molecule has 0 aromatic carbocycles. The number of likely N-dealkylation sites (tertiary alicyclic amines) is 1. The van der Waals surface area contributed by atoms with E-state index in [4.69, 9.17) is 9.72 Å². The van der Waals surface area contributed by atoms with E-state index in [0.29, 0.717) is 36.3 Å². The number of H-pyrrole nitrogens is 1. The number of fused-ring (bicyclic) bond motifs is 1. The highest BCUT2D eigenvalue weighted by Gasteiger charge is 2.22. The van der Waals surface area contributed by atoms with E-state index in [1.807, 2.05) is 13.8 Å². The molecular formula is C21H29ClN6O4S. The van der Waals surface area contributed by atoms with Gasteiger partial charge in [-0.3, -0.25) is 9.69 Å². The van der Waals surface area contributed by atoms with E-state index in [9.17, 15) is 13.2 Å². The molecule has 1 N–H and O–H groups in total. The maximum Gasteiger partial charge on any atom is 0.277 e. The average molecular weight is 497 g/mol. The minimum absolute atomic E-state index is 0. The molecule has 3 aromatic heterocycles. The SMILES string of the molecule is CCCOc1ncc(S(C)(=O)=O)cc1-c1nc2c(CC)nn(CN3CCCC3)c2c(=O)[nH]1.Cl. The zero-order chi connectivity index (χ0) is 22.9. The molecule has 3 aromatic rings. The van der Waals surface area contributed by atoms with Gasteiger partial charge in [-0.15, -0.1) is 12.4 Å². The van der Waals surface area contributed by atoms with Crippen molar-refractivity contribution in [3.05, 3.63) is 28.3 Å². The lowest BCUT2D eigenvalue weighted by molar-refractivity contribution is 0.259. The van der Waals surface area contributed by atoms with Gasteiger partial charge in [-0.25, -0.2) is 23.1 Å². The van der Waals surface area contributed by atoms with Crippen LogP contribution in [0.4, 0.5) is 0 Å². The number of pyridine rings is 1. The first kappa shape index (κ1) is 25.1. The Morgan fingerprint density at radius 2 is 1.94 bits per heavy atom. The van der Waals surface area contributed by atoms with Crippen LogP contribution in [0.25, 0.3) is 22.4 Å². The summed E-state index contributed by atoms with van der Waals surface area (Å²) in [5.41, 5.74) is 1.64. The highest BCUT2D eigenvalue weighted by molar-refractivity contribution is 7.90. The van der Waals surface area contributed by atoms with Gasteiger partial charge in [0.05, 0.1) is 29.4 Å². The van der Waals surface area contributed by atoms with Crippen molar-refractivity contribution in [2.45, 2.75) is 51.1 Å². The van der Waals surface area contributed by atoms with Crippen molar-refractivity contribution in [2.24, 2.45) is 0 Å². The molecule has 0 amide bonds. The predicted octanol–water partition coefficient (Wildman–Crippen LogP) is 2.41. The first-order valence-electron chi connectivity index (χ1n) is 10.9. The molecule has 12 heteroatoms. The summed E-state index contributed by atoms with van der Waals surface area (Å²) in [4.78, 5) is 27.1. The third-order valence-corrected chi connectivity index (χ3v) is 6.57. The molecule has 180 valence electrons. The molecule has 10 nitrogen and oxygen atoms in total. The smallest absolute Gasteiger partial charge is 0.277 e. The third-order valence-electron chi connectivity index (χ3n) is 5.49. The lowest BCUT2D eigenvalue weighted by Gasteiger charge is -2.14. The second kappa shape index (κ2) is 10.2. The van der Waals surface area contributed by atoms with Crippen LogP contribution in [-0.4, -0.2) is 64.0 Å².